The molecule has 0 unspecified atom stereocenters. The highest BCUT2D eigenvalue weighted by Crippen LogP contribution is 2.17. The fraction of sp³-hybridized carbons (Fsp3) is 0.778. The SMILES string of the molecule is O=CCCCCC(=O)NNC1CC1. The number of hydrogen-bond donors (Lipinski definition) is 2. The van der Waals surface area contributed by atoms with E-state index in [-0.39, 0.29) is 5.91 Å². The summed E-state index contributed by atoms with van der Waals surface area (Å²) in [5, 5.41) is 0. The fourth-order valence-corrected chi connectivity index (χ4v) is 0.986. The van der Waals surface area contributed by atoms with Crippen LogP contribution in [-0.4, -0.2) is 18.2 Å². The maximum absolute atomic E-state index is 11.1. The van der Waals surface area contributed by atoms with Gasteiger partial charge in [-0.15, -0.1) is 0 Å². The van der Waals surface area contributed by atoms with Crippen molar-refractivity contribution in [1.29, 1.82) is 0 Å². The fourth-order valence-electron chi connectivity index (χ4n) is 0.986. The van der Waals surface area contributed by atoms with E-state index >= 15 is 0 Å². The Kier molecular flexibility index (Phi) is 4.46. The number of carbonyl (C=O) groups excluding carboxylic acids is 2. The highest BCUT2D eigenvalue weighted by molar-refractivity contribution is 5.75. The van der Waals surface area contributed by atoms with Gasteiger partial charge in [-0.1, -0.05) is 0 Å². The number of rotatable bonds is 7. The molecule has 0 aromatic heterocycles. The third kappa shape index (κ3) is 5.36. The number of nitrogens with one attached hydrogen (secondary N) is 2. The molecule has 1 rings (SSSR count). The first-order chi connectivity index (χ1) is 6.33. The van der Waals surface area contributed by atoms with Gasteiger partial charge in [0.15, 0.2) is 0 Å². The van der Waals surface area contributed by atoms with Gasteiger partial charge in [-0.3, -0.25) is 10.2 Å². The molecule has 1 saturated carbocycles. The molecular weight excluding hydrogens is 168 g/mol. The number of amides is 1. The van der Waals surface area contributed by atoms with Crippen molar-refractivity contribution >= 4 is 12.2 Å². The summed E-state index contributed by atoms with van der Waals surface area (Å²) >= 11 is 0. The van der Waals surface area contributed by atoms with Gasteiger partial charge in [-0.25, -0.2) is 5.43 Å². The summed E-state index contributed by atoms with van der Waals surface area (Å²) in [4.78, 5) is 21.0. The van der Waals surface area contributed by atoms with Crippen molar-refractivity contribution in [2.75, 3.05) is 0 Å². The Morgan fingerprint density at radius 1 is 1.38 bits per heavy atom. The average Bonchev–Trinajstić information content (AvgIpc) is 2.92. The zero-order valence-electron chi connectivity index (χ0n) is 7.71. The normalized spacial score (nSPS) is 15.4. The Morgan fingerprint density at radius 2 is 2.15 bits per heavy atom. The topological polar surface area (TPSA) is 58.2 Å². The summed E-state index contributed by atoms with van der Waals surface area (Å²) in [6, 6.07) is 0.499. The first-order valence-electron chi connectivity index (χ1n) is 4.81. The van der Waals surface area contributed by atoms with Gasteiger partial charge >= 0.3 is 0 Å². The maximum Gasteiger partial charge on any atom is 0.234 e. The van der Waals surface area contributed by atoms with Crippen molar-refractivity contribution < 1.29 is 9.59 Å². The van der Waals surface area contributed by atoms with Crippen LogP contribution in [0.4, 0.5) is 0 Å². The lowest BCUT2D eigenvalue weighted by molar-refractivity contribution is -0.122. The van der Waals surface area contributed by atoms with E-state index in [1.165, 1.54) is 0 Å². The minimum Gasteiger partial charge on any atom is -0.303 e. The average molecular weight is 184 g/mol. The number of aldehydes is 1. The maximum atomic E-state index is 11.1. The van der Waals surface area contributed by atoms with Gasteiger partial charge in [-0.05, 0) is 25.7 Å². The van der Waals surface area contributed by atoms with Crippen LogP contribution in [0.5, 0.6) is 0 Å². The lowest BCUT2D eigenvalue weighted by Gasteiger charge is -2.04. The van der Waals surface area contributed by atoms with Crippen LogP contribution in [0.15, 0.2) is 0 Å². The van der Waals surface area contributed by atoms with Crippen LogP contribution < -0.4 is 10.9 Å². The van der Waals surface area contributed by atoms with Crippen LogP contribution in [0.2, 0.25) is 0 Å². The van der Waals surface area contributed by atoms with Crippen LogP contribution in [0.1, 0.15) is 38.5 Å². The van der Waals surface area contributed by atoms with E-state index in [9.17, 15) is 9.59 Å². The summed E-state index contributed by atoms with van der Waals surface area (Å²) in [5.74, 6) is 0.0257. The third-order valence-electron chi connectivity index (χ3n) is 1.97. The molecule has 0 radical (unpaired) electrons. The first-order valence-corrected chi connectivity index (χ1v) is 4.81. The van der Waals surface area contributed by atoms with Crippen molar-refractivity contribution in [3.8, 4) is 0 Å². The molecule has 0 saturated heterocycles. The molecule has 0 atom stereocenters. The van der Waals surface area contributed by atoms with E-state index in [4.69, 9.17) is 0 Å². The molecule has 0 heterocycles. The molecule has 4 heteroatoms. The minimum atomic E-state index is 0.0257. The highest BCUT2D eigenvalue weighted by atomic mass is 16.2. The third-order valence-corrected chi connectivity index (χ3v) is 1.97. The largest absolute Gasteiger partial charge is 0.303 e. The van der Waals surface area contributed by atoms with E-state index in [2.05, 4.69) is 10.9 Å². The zero-order valence-corrected chi connectivity index (χ0v) is 7.71. The summed E-state index contributed by atoms with van der Waals surface area (Å²) in [5.41, 5.74) is 5.57. The van der Waals surface area contributed by atoms with E-state index in [1.807, 2.05) is 0 Å². The van der Waals surface area contributed by atoms with Gasteiger partial charge in [0.2, 0.25) is 5.91 Å². The molecule has 0 aromatic carbocycles. The number of carbonyl (C=O) groups is 2. The molecule has 1 amide bonds. The van der Waals surface area contributed by atoms with Crippen LogP contribution in [0.25, 0.3) is 0 Å². The predicted molar refractivity (Wildman–Crippen MR) is 48.8 cm³/mol. The number of hydrazine groups is 1. The Morgan fingerprint density at radius 3 is 2.77 bits per heavy atom. The smallest absolute Gasteiger partial charge is 0.234 e. The van der Waals surface area contributed by atoms with Crippen LogP contribution >= 0.6 is 0 Å². The molecule has 0 aromatic rings. The van der Waals surface area contributed by atoms with Gasteiger partial charge < -0.3 is 4.79 Å². The summed E-state index contributed by atoms with van der Waals surface area (Å²) < 4.78 is 0. The van der Waals surface area contributed by atoms with Crippen molar-refractivity contribution in [2.45, 2.75) is 44.6 Å². The molecule has 1 fully saturated rings. The van der Waals surface area contributed by atoms with Gasteiger partial charge in [0.1, 0.15) is 6.29 Å². The van der Waals surface area contributed by atoms with Crippen LogP contribution in [0.3, 0.4) is 0 Å². The molecular formula is C9H16N2O2. The van der Waals surface area contributed by atoms with Gasteiger partial charge in [0, 0.05) is 18.9 Å². The van der Waals surface area contributed by atoms with E-state index in [1.54, 1.807) is 0 Å². The zero-order chi connectivity index (χ0) is 9.52. The molecule has 74 valence electrons. The highest BCUT2D eigenvalue weighted by Gasteiger charge is 2.20. The summed E-state index contributed by atoms with van der Waals surface area (Å²) in [6.45, 7) is 0. The molecule has 1 aliphatic rings. The molecule has 1 aliphatic carbocycles. The van der Waals surface area contributed by atoms with Gasteiger partial charge in [0.05, 0.1) is 0 Å². The molecule has 0 spiro atoms. The molecule has 2 N–H and O–H groups in total. The molecule has 13 heavy (non-hydrogen) atoms. The molecule has 4 nitrogen and oxygen atoms in total. The monoisotopic (exact) mass is 184 g/mol. The summed E-state index contributed by atoms with van der Waals surface area (Å²) in [6.07, 6.45) is 5.87. The van der Waals surface area contributed by atoms with Gasteiger partial charge in [-0.2, -0.15) is 0 Å². The second-order valence-electron chi connectivity index (χ2n) is 3.38. The minimum absolute atomic E-state index is 0.0257. The quantitative estimate of drug-likeness (QED) is 0.345. The summed E-state index contributed by atoms with van der Waals surface area (Å²) in [7, 11) is 0. The second kappa shape index (κ2) is 5.70. The van der Waals surface area contributed by atoms with Crippen molar-refractivity contribution in [1.82, 2.24) is 10.9 Å². The van der Waals surface area contributed by atoms with Gasteiger partial charge in [0.25, 0.3) is 0 Å². The Balaban J connectivity index is 1.87. The Bertz CT molecular complexity index is 178. The van der Waals surface area contributed by atoms with Crippen molar-refractivity contribution in [2.24, 2.45) is 0 Å². The van der Waals surface area contributed by atoms with E-state index < -0.39 is 0 Å². The van der Waals surface area contributed by atoms with E-state index in [0.717, 1.165) is 32.0 Å². The Labute approximate surface area is 78.0 Å². The number of hydrogen-bond acceptors (Lipinski definition) is 3. The predicted octanol–water partition coefficient (Wildman–Crippen LogP) is 0.529. The number of unbranched alkanes of at least 4 members (excludes halogenated alkanes) is 2. The standard InChI is InChI=1S/C9H16N2O2/c12-7-3-1-2-4-9(13)11-10-8-5-6-8/h7-8,10H,1-6H2,(H,11,13). The first kappa shape index (κ1) is 10.2. The lowest BCUT2D eigenvalue weighted by Crippen LogP contribution is -2.38. The van der Waals surface area contributed by atoms with Crippen molar-refractivity contribution in [3.63, 3.8) is 0 Å². The molecule has 0 bridgehead atoms. The van der Waals surface area contributed by atoms with Crippen LogP contribution in [0, 0.1) is 0 Å². The lowest BCUT2D eigenvalue weighted by atomic mass is 10.2. The van der Waals surface area contributed by atoms with Crippen molar-refractivity contribution in [3.05, 3.63) is 0 Å². The van der Waals surface area contributed by atoms with E-state index in [0.29, 0.717) is 18.9 Å². The second-order valence-corrected chi connectivity index (χ2v) is 3.38. The Hall–Kier alpha value is -0.900. The van der Waals surface area contributed by atoms with Crippen LogP contribution in [-0.2, 0) is 9.59 Å². The molecule has 0 aliphatic heterocycles.